The van der Waals surface area contributed by atoms with Crippen LogP contribution in [0.1, 0.15) is 6.92 Å². The highest BCUT2D eigenvalue weighted by molar-refractivity contribution is 7.92. The van der Waals surface area contributed by atoms with Gasteiger partial charge in [0.2, 0.25) is 0 Å². The maximum absolute atomic E-state index is 12.4. The average molecular weight is 322 g/mol. The standard InChI is InChI=1S/C13H14N4O4S/c1-2-17-7-9(6-14-17)16-22(19,20)10-3-4-12-11(5-10)15-13(18)8-21-12/h3-7,16H,2,8H2,1H3,(H,15,18). The van der Waals surface area contributed by atoms with Crippen molar-refractivity contribution in [3.05, 3.63) is 30.6 Å². The molecule has 116 valence electrons. The summed E-state index contributed by atoms with van der Waals surface area (Å²) in [4.78, 5) is 11.3. The summed E-state index contributed by atoms with van der Waals surface area (Å²) in [6.45, 7) is 2.47. The van der Waals surface area contributed by atoms with E-state index in [1.54, 1.807) is 10.9 Å². The van der Waals surface area contributed by atoms with Crippen LogP contribution in [0.4, 0.5) is 11.4 Å². The monoisotopic (exact) mass is 322 g/mol. The van der Waals surface area contributed by atoms with E-state index in [0.717, 1.165) is 0 Å². The highest BCUT2D eigenvalue weighted by Gasteiger charge is 2.21. The molecule has 2 heterocycles. The lowest BCUT2D eigenvalue weighted by molar-refractivity contribution is -0.118. The van der Waals surface area contributed by atoms with Gasteiger partial charge in [-0.25, -0.2) is 8.42 Å². The number of carbonyl (C=O) groups excluding carboxylic acids is 1. The molecule has 0 spiro atoms. The topological polar surface area (TPSA) is 102 Å². The van der Waals surface area contributed by atoms with E-state index < -0.39 is 10.0 Å². The molecule has 0 atom stereocenters. The van der Waals surface area contributed by atoms with Crippen molar-refractivity contribution in [2.45, 2.75) is 18.4 Å². The Morgan fingerprint density at radius 3 is 3.00 bits per heavy atom. The molecule has 1 aromatic carbocycles. The molecule has 0 aliphatic carbocycles. The molecule has 22 heavy (non-hydrogen) atoms. The Hall–Kier alpha value is -2.55. The van der Waals surface area contributed by atoms with Gasteiger partial charge in [0.25, 0.3) is 15.9 Å². The first-order chi connectivity index (χ1) is 10.5. The number of benzene rings is 1. The Balaban J connectivity index is 1.88. The van der Waals surface area contributed by atoms with Gasteiger partial charge in [0.15, 0.2) is 6.61 Å². The fourth-order valence-corrected chi connectivity index (χ4v) is 3.09. The minimum Gasteiger partial charge on any atom is -0.482 e. The third-order valence-corrected chi connectivity index (χ3v) is 4.48. The van der Waals surface area contributed by atoms with Crippen molar-refractivity contribution in [1.29, 1.82) is 0 Å². The van der Waals surface area contributed by atoms with Crippen LogP contribution in [0.25, 0.3) is 0 Å². The molecular weight excluding hydrogens is 308 g/mol. The van der Waals surface area contributed by atoms with Crippen molar-refractivity contribution >= 4 is 27.3 Å². The van der Waals surface area contributed by atoms with Crippen LogP contribution in [0.3, 0.4) is 0 Å². The highest BCUT2D eigenvalue weighted by atomic mass is 32.2. The Morgan fingerprint density at radius 1 is 1.45 bits per heavy atom. The zero-order valence-electron chi connectivity index (χ0n) is 11.7. The lowest BCUT2D eigenvalue weighted by Crippen LogP contribution is -2.25. The van der Waals surface area contributed by atoms with Gasteiger partial charge in [0.05, 0.1) is 22.5 Å². The second-order valence-electron chi connectivity index (χ2n) is 4.69. The number of hydrogen-bond acceptors (Lipinski definition) is 5. The second-order valence-corrected chi connectivity index (χ2v) is 6.37. The molecule has 9 heteroatoms. The van der Waals surface area contributed by atoms with Gasteiger partial charge >= 0.3 is 0 Å². The number of anilines is 2. The van der Waals surface area contributed by atoms with Crippen LogP contribution in [0, 0.1) is 0 Å². The van der Waals surface area contributed by atoms with Crippen molar-refractivity contribution in [3.8, 4) is 5.75 Å². The molecule has 2 N–H and O–H groups in total. The predicted octanol–water partition coefficient (Wildman–Crippen LogP) is 1.03. The number of ether oxygens (including phenoxy) is 1. The van der Waals surface area contributed by atoms with Gasteiger partial charge in [-0.2, -0.15) is 5.10 Å². The molecular formula is C13H14N4O4S. The van der Waals surface area contributed by atoms with Gasteiger partial charge in [-0.1, -0.05) is 0 Å². The Kier molecular flexibility index (Phi) is 3.49. The molecule has 0 saturated carbocycles. The molecule has 0 fully saturated rings. The van der Waals surface area contributed by atoms with Crippen LogP contribution < -0.4 is 14.8 Å². The molecule has 0 radical (unpaired) electrons. The number of nitrogens with one attached hydrogen (secondary N) is 2. The van der Waals surface area contributed by atoms with Crippen LogP contribution in [-0.2, 0) is 21.4 Å². The first-order valence-electron chi connectivity index (χ1n) is 6.60. The van der Waals surface area contributed by atoms with E-state index in [4.69, 9.17) is 4.74 Å². The van der Waals surface area contributed by atoms with Crippen molar-refractivity contribution < 1.29 is 17.9 Å². The average Bonchev–Trinajstić information content (AvgIpc) is 2.93. The fourth-order valence-electron chi connectivity index (χ4n) is 2.03. The van der Waals surface area contributed by atoms with Gasteiger partial charge in [0.1, 0.15) is 5.75 Å². The molecule has 2 aromatic rings. The predicted molar refractivity (Wildman–Crippen MR) is 79.3 cm³/mol. The first-order valence-corrected chi connectivity index (χ1v) is 8.08. The Morgan fingerprint density at radius 2 is 2.27 bits per heavy atom. The van der Waals surface area contributed by atoms with Crippen LogP contribution >= 0.6 is 0 Å². The van der Waals surface area contributed by atoms with Gasteiger partial charge in [0, 0.05) is 12.7 Å². The maximum Gasteiger partial charge on any atom is 0.262 e. The van der Waals surface area contributed by atoms with E-state index >= 15 is 0 Å². The van der Waals surface area contributed by atoms with Crippen molar-refractivity contribution in [2.75, 3.05) is 16.6 Å². The highest BCUT2D eigenvalue weighted by Crippen LogP contribution is 2.30. The molecule has 1 aromatic heterocycles. The van der Waals surface area contributed by atoms with Crippen molar-refractivity contribution in [2.24, 2.45) is 0 Å². The summed E-state index contributed by atoms with van der Waals surface area (Å²) in [5.74, 6) is 0.122. The zero-order chi connectivity index (χ0) is 15.7. The summed E-state index contributed by atoms with van der Waals surface area (Å²) in [6, 6.07) is 4.29. The number of hydrogen-bond donors (Lipinski definition) is 2. The summed E-state index contributed by atoms with van der Waals surface area (Å²) in [5.41, 5.74) is 0.711. The van der Waals surface area contributed by atoms with Gasteiger partial charge in [-0.05, 0) is 25.1 Å². The molecule has 8 nitrogen and oxygen atoms in total. The number of fused-ring (bicyclic) bond motifs is 1. The van der Waals surface area contributed by atoms with Crippen LogP contribution in [0.2, 0.25) is 0 Å². The fraction of sp³-hybridized carbons (Fsp3) is 0.231. The number of carbonyl (C=O) groups is 1. The molecule has 1 aliphatic heterocycles. The largest absolute Gasteiger partial charge is 0.482 e. The van der Waals surface area contributed by atoms with E-state index in [-0.39, 0.29) is 17.4 Å². The maximum atomic E-state index is 12.4. The third kappa shape index (κ3) is 2.75. The Labute approximate surface area is 127 Å². The quantitative estimate of drug-likeness (QED) is 0.875. The molecule has 0 unspecified atom stereocenters. The first kappa shape index (κ1) is 14.4. The molecule has 0 bridgehead atoms. The summed E-state index contributed by atoms with van der Waals surface area (Å²) in [6.07, 6.45) is 3.03. The summed E-state index contributed by atoms with van der Waals surface area (Å²) in [5, 5.41) is 6.58. The van der Waals surface area contributed by atoms with Crippen molar-refractivity contribution in [3.63, 3.8) is 0 Å². The van der Waals surface area contributed by atoms with Gasteiger partial charge < -0.3 is 10.1 Å². The van der Waals surface area contributed by atoms with Gasteiger partial charge in [-0.15, -0.1) is 0 Å². The van der Waals surface area contributed by atoms with E-state index in [2.05, 4.69) is 15.1 Å². The molecule has 1 amide bonds. The minimum atomic E-state index is -3.77. The van der Waals surface area contributed by atoms with Crippen molar-refractivity contribution in [1.82, 2.24) is 9.78 Å². The van der Waals surface area contributed by atoms with Crippen LogP contribution in [0.5, 0.6) is 5.75 Å². The smallest absolute Gasteiger partial charge is 0.262 e. The Bertz CT molecular complexity index is 828. The number of sulfonamides is 1. The number of rotatable bonds is 4. The normalized spacial score (nSPS) is 14.0. The number of amides is 1. The summed E-state index contributed by atoms with van der Waals surface area (Å²) < 4.78 is 34.0. The minimum absolute atomic E-state index is 0.0290. The number of aryl methyl sites for hydroxylation is 1. The molecule has 0 saturated heterocycles. The van der Waals surface area contributed by atoms with Crippen LogP contribution in [0.15, 0.2) is 35.5 Å². The zero-order valence-corrected chi connectivity index (χ0v) is 12.6. The molecule has 3 rings (SSSR count). The lowest BCUT2D eigenvalue weighted by Gasteiger charge is -2.18. The van der Waals surface area contributed by atoms with E-state index in [0.29, 0.717) is 23.7 Å². The van der Waals surface area contributed by atoms with E-state index in [9.17, 15) is 13.2 Å². The molecule has 1 aliphatic rings. The van der Waals surface area contributed by atoms with Gasteiger partial charge in [-0.3, -0.25) is 14.2 Å². The third-order valence-electron chi connectivity index (χ3n) is 3.10. The SMILES string of the molecule is CCn1cc(NS(=O)(=O)c2ccc3c(c2)NC(=O)CO3)cn1. The number of nitrogens with zero attached hydrogens (tertiary/aromatic N) is 2. The van der Waals surface area contributed by atoms with Crippen LogP contribution in [-0.4, -0.2) is 30.7 Å². The summed E-state index contributed by atoms with van der Waals surface area (Å²) >= 11 is 0. The number of aromatic nitrogens is 2. The summed E-state index contributed by atoms with van der Waals surface area (Å²) in [7, 11) is -3.77. The second kappa shape index (κ2) is 5.34. The lowest BCUT2D eigenvalue weighted by atomic mass is 10.2. The van der Waals surface area contributed by atoms with E-state index in [1.807, 2.05) is 6.92 Å². The van der Waals surface area contributed by atoms with E-state index in [1.165, 1.54) is 24.4 Å².